The lowest BCUT2D eigenvalue weighted by Crippen LogP contribution is -2.03. The molecule has 0 N–H and O–H groups in total. The summed E-state index contributed by atoms with van der Waals surface area (Å²) in [5.41, 5.74) is 5.00. The lowest BCUT2D eigenvalue weighted by Gasteiger charge is -2.21. The van der Waals surface area contributed by atoms with Gasteiger partial charge in [0.25, 0.3) is 0 Å². The Labute approximate surface area is 150 Å². The molecule has 0 radical (unpaired) electrons. The molecule has 3 heteroatoms. The summed E-state index contributed by atoms with van der Waals surface area (Å²) in [5, 5.41) is 0.182. The Bertz CT molecular complexity index is 919. The second-order valence-electron chi connectivity index (χ2n) is 6.15. The number of halogens is 2. The van der Waals surface area contributed by atoms with Gasteiger partial charge in [0.1, 0.15) is 5.82 Å². The average molecular weight is 355 g/mol. The van der Waals surface area contributed by atoms with Crippen LogP contribution in [0, 0.1) is 5.82 Å². The van der Waals surface area contributed by atoms with E-state index in [-0.39, 0.29) is 16.8 Å². The first-order valence-electron chi connectivity index (χ1n) is 7.95. The van der Waals surface area contributed by atoms with E-state index in [1.807, 2.05) is 17.8 Å². The molecule has 0 fully saturated rings. The standard InChI is InChI=1S/C21H16ClFS/c1-13(15-6-8-19(23)18(22)12-15)14-7-9-21-17(10-14)11-16-4-2-3-5-20(16)24-21/h2-10,12-13H,11H2,1H3. The zero-order valence-corrected chi connectivity index (χ0v) is 14.8. The highest BCUT2D eigenvalue weighted by Crippen LogP contribution is 2.40. The molecule has 0 aromatic heterocycles. The van der Waals surface area contributed by atoms with Gasteiger partial charge in [-0.1, -0.05) is 66.7 Å². The second-order valence-corrected chi connectivity index (χ2v) is 7.64. The summed E-state index contributed by atoms with van der Waals surface area (Å²) in [7, 11) is 0. The highest BCUT2D eigenvalue weighted by atomic mass is 35.5. The van der Waals surface area contributed by atoms with Crippen molar-refractivity contribution in [2.75, 3.05) is 0 Å². The fourth-order valence-electron chi connectivity index (χ4n) is 3.15. The van der Waals surface area contributed by atoms with Crippen LogP contribution in [0.2, 0.25) is 5.02 Å². The second kappa shape index (κ2) is 6.27. The third kappa shape index (κ3) is 2.85. The molecule has 0 saturated carbocycles. The van der Waals surface area contributed by atoms with Crippen LogP contribution in [-0.4, -0.2) is 0 Å². The van der Waals surface area contributed by atoms with Crippen LogP contribution in [-0.2, 0) is 6.42 Å². The molecule has 0 nitrogen and oxygen atoms in total. The van der Waals surface area contributed by atoms with Crippen molar-refractivity contribution in [2.45, 2.75) is 29.1 Å². The quantitative estimate of drug-likeness (QED) is 0.386. The maximum absolute atomic E-state index is 13.4. The predicted molar refractivity (Wildman–Crippen MR) is 98.7 cm³/mol. The third-order valence-corrected chi connectivity index (χ3v) is 6.13. The molecule has 3 aromatic rings. The van der Waals surface area contributed by atoms with Crippen LogP contribution >= 0.6 is 23.4 Å². The third-order valence-electron chi connectivity index (χ3n) is 4.60. The molecule has 1 aliphatic rings. The summed E-state index contributed by atoms with van der Waals surface area (Å²) >= 11 is 7.77. The van der Waals surface area contributed by atoms with Crippen molar-refractivity contribution in [3.8, 4) is 0 Å². The average Bonchev–Trinajstić information content (AvgIpc) is 2.61. The van der Waals surface area contributed by atoms with E-state index in [0.717, 1.165) is 12.0 Å². The lowest BCUT2D eigenvalue weighted by molar-refractivity contribution is 0.627. The van der Waals surface area contributed by atoms with Crippen molar-refractivity contribution in [1.82, 2.24) is 0 Å². The van der Waals surface area contributed by atoms with Gasteiger partial charge in [-0.05, 0) is 52.9 Å². The van der Waals surface area contributed by atoms with E-state index < -0.39 is 0 Å². The maximum atomic E-state index is 13.4. The molecule has 1 atom stereocenters. The minimum atomic E-state index is -0.369. The van der Waals surface area contributed by atoms with Crippen LogP contribution in [0.1, 0.15) is 35.1 Å². The van der Waals surface area contributed by atoms with Gasteiger partial charge < -0.3 is 0 Å². The Morgan fingerprint density at radius 1 is 0.917 bits per heavy atom. The Balaban J connectivity index is 1.67. The first-order valence-corrected chi connectivity index (χ1v) is 9.15. The zero-order valence-electron chi connectivity index (χ0n) is 13.2. The number of fused-ring (bicyclic) bond motifs is 2. The van der Waals surface area contributed by atoms with Crippen molar-refractivity contribution in [1.29, 1.82) is 0 Å². The van der Waals surface area contributed by atoms with Crippen molar-refractivity contribution in [3.05, 3.63) is 93.8 Å². The fraction of sp³-hybridized carbons (Fsp3) is 0.143. The van der Waals surface area contributed by atoms with Gasteiger partial charge in [-0.2, -0.15) is 0 Å². The highest BCUT2D eigenvalue weighted by Gasteiger charge is 2.18. The van der Waals surface area contributed by atoms with Crippen LogP contribution in [0.5, 0.6) is 0 Å². The summed E-state index contributed by atoms with van der Waals surface area (Å²) in [6.45, 7) is 2.13. The molecular formula is C21H16ClFS. The van der Waals surface area contributed by atoms with Gasteiger partial charge >= 0.3 is 0 Å². The van der Waals surface area contributed by atoms with E-state index >= 15 is 0 Å². The Kier molecular flexibility index (Phi) is 4.11. The van der Waals surface area contributed by atoms with E-state index in [1.54, 1.807) is 6.07 Å². The van der Waals surface area contributed by atoms with Crippen LogP contribution in [0.25, 0.3) is 0 Å². The van der Waals surface area contributed by atoms with Gasteiger partial charge in [-0.3, -0.25) is 0 Å². The van der Waals surface area contributed by atoms with Gasteiger partial charge in [0.05, 0.1) is 5.02 Å². The van der Waals surface area contributed by atoms with Crippen LogP contribution in [0.3, 0.4) is 0 Å². The minimum absolute atomic E-state index is 0.176. The van der Waals surface area contributed by atoms with E-state index in [4.69, 9.17) is 11.6 Å². The smallest absolute Gasteiger partial charge is 0.141 e. The molecule has 120 valence electrons. The SMILES string of the molecule is CC(c1ccc(F)c(Cl)c1)c1ccc2c(c1)Cc1ccccc1S2. The molecule has 3 aromatic carbocycles. The molecule has 0 aliphatic carbocycles. The molecule has 0 spiro atoms. The largest absolute Gasteiger partial charge is 0.205 e. The molecule has 1 aliphatic heterocycles. The zero-order chi connectivity index (χ0) is 16.7. The van der Waals surface area contributed by atoms with Gasteiger partial charge in [-0.25, -0.2) is 4.39 Å². The molecular weight excluding hydrogens is 339 g/mol. The number of rotatable bonds is 2. The molecule has 24 heavy (non-hydrogen) atoms. The minimum Gasteiger partial charge on any atom is -0.205 e. The van der Waals surface area contributed by atoms with E-state index in [0.29, 0.717) is 0 Å². The van der Waals surface area contributed by atoms with Gasteiger partial charge in [0, 0.05) is 15.7 Å². The molecule has 1 unspecified atom stereocenters. The topological polar surface area (TPSA) is 0 Å². The van der Waals surface area contributed by atoms with Crippen molar-refractivity contribution >= 4 is 23.4 Å². The Morgan fingerprint density at radius 2 is 1.62 bits per heavy atom. The highest BCUT2D eigenvalue weighted by molar-refractivity contribution is 7.99. The van der Waals surface area contributed by atoms with E-state index in [2.05, 4.69) is 49.4 Å². The summed E-state index contributed by atoms with van der Waals surface area (Å²) in [5.74, 6) is -0.193. The summed E-state index contributed by atoms with van der Waals surface area (Å²) in [4.78, 5) is 2.66. The van der Waals surface area contributed by atoms with E-state index in [1.165, 1.54) is 32.5 Å². The number of hydrogen-bond donors (Lipinski definition) is 0. The fourth-order valence-corrected chi connectivity index (χ4v) is 4.40. The first-order chi connectivity index (χ1) is 11.6. The lowest BCUT2D eigenvalue weighted by atomic mass is 9.91. The molecule has 0 bridgehead atoms. The predicted octanol–water partition coefficient (Wildman–Crippen LogP) is 6.69. The van der Waals surface area contributed by atoms with E-state index in [9.17, 15) is 4.39 Å². The summed E-state index contributed by atoms with van der Waals surface area (Å²) in [6, 6.07) is 20.2. The Morgan fingerprint density at radius 3 is 2.46 bits per heavy atom. The molecule has 1 heterocycles. The van der Waals surface area contributed by atoms with Gasteiger partial charge in [-0.15, -0.1) is 0 Å². The first kappa shape index (κ1) is 15.7. The number of hydrogen-bond acceptors (Lipinski definition) is 1. The normalized spacial score (nSPS) is 14.0. The molecule has 4 rings (SSSR count). The Hall–Kier alpha value is -1.77. The van der Waals surface area contributed by atoms with Crippen LogP contribution in [0.15, 0.2) is 70.5 Å². The molecule has 0 amide bonds. The van der Waals surface area contributed by atoms with Crippen molar-refractivity contribution in [3.63, 3.8) is 0 Å². The summed E-state index contributed by atoms with van der Waals surface area (Å²) < 4.78 is 13.4. The molecule has 0 saturated heterocycles. The van der Waals surface area contributed by atoms with Crippen molar-refractivity contribution in [2.24, 2.45) is 0 Å². The van der Waals surface area contributed by atoms with Crippen LogP contribution in [0.4, 0.5) is 4.39 Å². The van der Waals surface area contributed by atoms with Gasteiger partial charge in [0.15, 0.2) is 0 Å². The maximum Gasteiger partial charge on any atom is 0.141 e. The van der Waals surface area contributed by atoms with Gasteiger partial charge in [0.2, 0.25) is 0 Å². The van der Waals surface area contributed by atoms with Crippen molar-refractivity contribution < 1.29 is 4.39 Å². The monoisotopic (exact) mass is 354 g/mol. The summed E-state index contributed by atoms with van der Waals surface area (Å²) in [6.07, 6.45) is 0.962. The van der Waals surface area contributed by atoms with Crippen LogP contribution < -0.4 is 0 Å². The number of benzene rings is 3.